The van der Waals surface area contributed by atoms with Crippen LogP contribution in [0.2, 0.25) is 0 Å². The Kier molecular flexibility index (Phi) is 4.90. The third-order valence-electron chi connectivity index (χ3n) is 4.00. The molecule has 1 aliphatic rings. The number of benzene rings is 1. The van der Waals surface area contributed by atoms with E-state index >= 15 is 0 Å². The average Bonchev–Trinajstić information content (AvgIpc) is 2.77. The zero-order chi connectivity index (χ0) is 13.0. The lowest BCUT2D eigenvalue weighted by Gasteiger charge is -2.24. The summed E-state index contributed by atoms with van der Waals surface area (Å²) in [4.78, 5) is 2.53. The molecule has 0 aliphatic carbocycles. The Balaban J connectivity index is 1.87. The molecule has 1 fully saturated rings. The van der Waals surface area contributed by atoms with Crippen LogP contribution >= 0.6 is 11.6 Å². The fraction of sp³-hybridized carbons (Fsp3) is 0.600. The molecule has 0 N–H and O–H groups in total. The molecule has 3 heteroatoms. The normalized spacial score (nSPS) is 24.4. The van der Waals surface area contributed by atoms with Gasteiger partial charge in [-0.2, -0.15) is 0 Å². The predicted octanol–water partition coefficient (Wildman–Crippen LogP) is 3.19. The molecule has 0 bridgehead atoms. The Morgan fingerprint density at radius 3 is 2.67 bits per heavy atom. The second-order valence-electron chi connectivity index (χ2n) is 5.12. The van der Waals surface area contributed by atoms with E-state index in [2.05, 4.69) is 24.0 Å². The lowest BCUT2D eigenvalue weighted by atomic mass is 10.0. The number of methoxy groups -OCH3 is 1. The summed E-state index contributed by atoms with van der Waals surface area (Å²) in [6, 6.07) is 8.91. The molecular formula is C15H22ClNO. The number of hydrogen-bond acceptors (Lipinski definition) is 2. The van der Waals surface area contributed by atoms with E-state index in [1.807, 2.05) is 12.1 Å². The van der Waals surface area contributed by atoms with Gasteiger partial charge in [-0.05, 0) is 43.0 Å². The van der Waals surface area contributed by atoms with Crippen molar-refractivity contribution in [2.24, 2.45) is 5.92 Å². The van der Waals surface area contributed by atoms with Crippen molar-refractivity contribution in [3.8, 4) is 5.75 Å². The van der Waals surface area contributed by atoms with Crippen molar-refractivity contribution in [3.05, 3.63) is 29.8 Å². The van der Waals surface area contributed by atoms with Crippen LogP contribution in [0.4, 0.5) is 0 Å². The summed E-state index contributed by atoms with van der Waals surface area (Å²) in [6.07, 6.45) is 2.37. The van der Waals surface area contributed by atoms with E-state index in [9.17, 15) is 0 Å². The van der Waals surface area contributed by atoms with Crippen LogP contribution in [-0.4, -0.2) is 37.0 Å². The fourth-order valence-corrected chi connectivity index (χ4v) is 3.18. The maximum absolute atomic E-state index is 6.06. The lowest BCUT2D eigenvalue weighted by molar-refractivity contribution is 0.253. The number of nitrogens with zero attached hydrogens (tertiary/aromatic N) is 1. The number of hydrogen-bond donors (Lipinski definition) is 0. The van der Waals surface area contributed by atoms with Crippen LogP contribution in [0.15, 0.2) is 24.3 Å². The Bertz CT molecular complexity index is 365. The van der Waals surface area contributed by atoms with Gasteiger partial charge in [-0.15, -0.1) is 11.6 Å². The summed E-state index contributed by atoms with van der Waals surface area (Å²) in [7, 11) is 1.70. The first kappa shape index (κ1) is 13.7. The minimum Gasteiger partial charge on any atom is -0.497 e. The standard InChI is InChI=1S/C15H22ClNO/c1-12-7-9-17(15(12)11-16)10-8-13-3-5-14(18-2)6-4-13/h3-6,12,15H,7-11H2,1-2H3. The summed E-state index contributed by atoms with van der Waals surface area (Å²) >= 11 is 6.06. The lowest BCUT2D eigenvalue weighted by Crippen LogP contribution is -2.35. The highest BCUT2D eigenvalue weighted by molar-refractivity contribution is 6.18. The average molecular weight is 268 g/mol. The van der Waals surface area contributed by atoms with Gasteiger partial charge in [0.25, 0.3) is 0 Å². The molecule has 0 spiro atoms. The van der Waals surface area contributed by atoms with Crippen molar-refractivity contribution in [1.29, 1.82) is 0 Å². The van der Waals surface area contributed by atoms with Crippen LogP contribution < -0.4 is 4.74 Å². The van der Waals surface area contributed by atoms with Gasteiger partial charge in [-0.3, -0.25) is 4.90 Å². The van der Waals surface area contributed by atoms with Crippen LogP contribution in [-0.2, 0) is 6.42 Å². The van der Waals surface area contributed by atoms with Gasteiger partial charge in [0.05, 0.1) is 7.11 Å². The number of ether oxygens (including phenoxy) is 1. The molecule has 100 valence electrons. The minimum atomic E-state index is 0.560. The zero-order valence-corrected chi connectivity index (χ0v) is 12.0. The molecule has 2 unspecified atom stereocenters. The van der Waals surface area contributed by atoms with Gasteiger partial charge in [0.1, 0.15) is 5.75 Å². The molecule has 0 saturated carbocycles. The third-order valence-corrected chi connectivity index (χ3v) is 4.32. The van der Waals surface area contributed by atoms with Gasteiger partial charge in [0.2, 0.25) is 0 Å². The third kappa shape index (κ3) is 3.18. The number of halogens is 1. The maximum atomic E-state index is 6.06. The molecule has 2 atom stereocenters. The summed E-state index contributed by atoms with van der Waals surface area (Å²) in [5.74, 6) is 2.41. The molecule has 1 aromatic rings. The Morgan fingerprint density at radius 2 is 2.06 bits per heavy atom. The highest BCUT2D eigenvalue weighted by atomic mass is 35.5. The SMILES string of the molecule is COc1ccc(CCN2CCC(C)C2CCl)cc1. The highest BCUT2D eigenvalue weighted by Gasteiger charge is 2.29. The molecule has 0 aromatic heterocycles. The van der Waals surface area contributed by atoms with E-state index in [0.717, 1.165) is 30.5 Å². The van der Waals surface area contributed by atoms with E-state index in [4.69, 9.17) is 16.3 Å². The smallest absolute Gasteiger partial charge is 0.118 e. The molecule has 2 rings (SSSR count). The zero-order valence-electron chi connectivity index (χ0n) is 11.2. The first-order chi connectivity index (χ1) is 8.74. The molecule has 1 heterocycles. The van der Waals surface area contributed by atoms with Gasteiger partial charge >= 0.3 is 0 Å². The van der Waals surface area contributed by atoms with Gasteiger partial charge in [-0.25, -0.2) is 0 Å². The largest absolute Gasteiger partial charge is 0.497 e. The second kappa shape index (κ2) is 6.44. The number of likely N-dealkylation sites (tertiary alicyclic amines) is 1. The van der Waals surface area contributed by atoms with E-state index < -0.39 is 0 Å². The van der Waals surface area contributed by atoms with Gasteiger partial charge in [0, 0.05) is 18.5 Å². The van der Waals surface area contributed by atoms with Crippen LogP contribution in [0.1, 0.15) is 18.9 Å². The van der Waals surface area contributed by atoms with E-state index in [1.54, 1.807) is 7.11 Å². The molecule has 1 saturated heterocycles. The molecule has 18 heavy (non-hydrogen) atoms. The first-order valence-corrected chi connectivity index (χ1v) is 7.21. The van der Waals surface area contributed by atoms with E-state index in [0.29, 0.717) is 6.04 Å². The Labute approximate surface area is 115 Å². The Hall–Kier alpha value is -0.730. The number of alkyl halides is 1. The summed E-state index contributed by atoms with van der Waals surface area (Å²) in [5, 5.41) is 0. The minimum absolute atomic E-state index is 0.560. The van der Waals surface area contributed by atoms with Crippen molar-refractivity contribution >= 4 is 11.6 Å². The van der Waals surface area contributed by atoms with E-state index in [1.165, 1.54) is 18.5 Å². The van der Waals surface area contributed by atoms with Crippen LogP contribution in [0.25, 0.3) is 0 Å². The monoisotopic (exact) mass is 267 g/mol. The van der Waals surface area contributed by atoms with Crippen LogP contribution in [0.5, 0.6) is 5.75 Å². The van der Waals surface area contributed by atoms with Crippen LogP contribution in [0, 0.1) is 5.92 Å². The molecular weight excluding hydrogens is 246 g/mol. The van der Waals surface area contributed by atoms with Crippen molar-refractivity contribution in [2.45, 2.75) is 25.8 Å². The van der Waals surface area contributed by atoms with Crippen molar-refractivity contribution in [1.82, 2.24) is 4.90 Å². The molecule has 1 aromatic carbocycles. The highest BCUT2D eigenvalue weighted by Crippen LogP contribution is 2.25. The van der Waals surface area contributed by atoms with Gasteiger partial charge in [-0.1, -0.05) is 19.1 Å². The first-order valence-electron chi connectivity index (χ1n) is 6.67. The number of rotatable bonds is 5. The van der Waals surface area contributed by atoms with Crippen molar-refractivity contribution in [2.75, 3.05) is 26.1 Å². The molecule has 2 nitrogen and oxygen atoms in total. The summed E-state index contributed by atoms with van der Waals surface area (Å²) < 4.78 is 5.17. The van der Waals surface area contributed by atoms with Crippen molar-refractivity contribution < 1.29 is 4.74 Å². The topological polar surface area (TPSA) is 12.5 Å². The van der Waals surface area contributed by atoms with E-state index in [-0.39, 0.29) is 0 Å². The fourth-order valence-electron chi connectivity index (χ4n) is 2.68. The van der Waals surface area contributed by atoms with Crippen LogP contribution in [0.3, 0.4) is 0 Å². The molecule has 1 aliphatic heterocycles. The molecule has 0 amide bonds. The summed E-state index contributed by atoms with van der Waals surface area (Å²) in [6.45, 7) is 4.60. The van der Waals surface area contributed by atoms with Crippen molar-refractivity contribution in [3.63, 3.8) is 0 Å². The second-order valence-corrected chi connectivity index (χ2v) is 5.43. The maximum Gasteiger partial charge on any atom is 0.118 e. The Morgan fingerprint density at radius 1 is 1.33 bits per heavy atom. The van der Waals surface area contributed by atoms with Gasteiger partial charge < -0.3 is 4.74 Å². The summed E-state index contributed by atoms with van der Waals surface area (Å²) in [5.41, 5.74) is 1.36. The van der Waals surface area contributed by atoms with Gasteiger partial charge in [0.15, 0.2) is 0 Å². The molecule has 0 radical (unpaired) electrons. The quantitative estimate of drug-likeness (QED) is 0.760. The predicted molar refractivity (Wildman–Crippen MR) is 76.6 cm³/mol.